The zero-order valence-electron chi connectivity index (χ0n) is 12.7. The minimum Gasteiger partial charge on any atom is -0.471 e. The van der Waals surface area contributed by atoms with Crippen LogP contribution < -0.4 is 4.74 Å². The van der Waals surface area contributed by atoms with Gasteiger partial charge in [-0.05, 0) is 23.6 Å². The first-order valence-electron chi connectivity index (χ1n) is 7.19. The molecule has 0 atom stereocenters. The molecule has 3 nitrogen and oxygen atoms in total. The number of pyridine rings is 1. The van der Waals surface area contributed by atoms with Crippen molar-refractivity contribution in [3.8, 4) is 5.88 Å². The van der Waals surface area contributed by atoms with Gasteiger partial charge in [-0.25, -0.2) is 4.98 Å². The maximum Gasteiger partial charge on any atom is 0.213 e. The molecule has 2 heterocycles. The fourth-order valence-corrected chi connectivity index (χ4v) is 2.28. The standard InChI is InChI=1S/C18H20N2O/c1-18(2,3)16-9-6-10-17(20-16)21-12-14-11-13-7-4-5-8-15(13)19-14/h4-11,19H,12H2,1-3H3. The summed E-state index contributed by atoms with van der Waals surface area (Å²) in [6.45, 7) is 6.94. The number of nitrogens with zero attached hydrogens (tertiary/aromatic N) is 1. The van der Waals surface area contributed by atoms with Crippen LogP contribution in [0.1, 0.15) is 32.2 Å². The SMILES string of the molecule is CC(C)(C)c1cccc(OCc2cc3ccccc3[nH]2)n1. The van der Waals surface area contributed by atoms with Crippen molar-refractivity contribution in [3.05, 3.63) is 59.9 Å². The van der Waals surface area contributed by atoms with Crippen molar-refractivity contribution in [1.29, 1.82) is 0 Å². The number of benzene rings is 1. The van der Waals surface area contributed by atoms with Gasteiger partial charge >= 0.3 is 0 Å². The van der Waals surface area contributed by atoms with E-state index >= 15 is 0 Å². The molecular formula is C18H20N2O. The van der Waals surface area contributed by atoms with Crippen LogP contribution in [0, 0.1) is 0 Å². The molecule has 3 rings (SSSR count). The third-order valence-electron chi connectivity index (χ3n) is 3.45. The normalized spacial score (nSPS) is 11.8. The highest BCUT2D eigenvalue weighted by atomic mass is 16.5. The summed E-state index contributed by atoms with van der Waals surface area (Å²) in [4.78, 5) is 7.93. The summed E-state index contributed by atoms with van der Waals surface area (Å²) in [5.41, 5.74) is 3.25. The molecule has 1 N–H and O–H groups in total. The van der Waals surface area contributed by atoms with E-state index < -0.39 is 0 Å². The van der Waals surface area contributed by atoms with Gasteiger partial charge in [0.05, 0.1) is 5.69 Å². The van der Waals surface area contributed by atoms with Crippen LogP contribution in [0.15, 0.2) is 48.5 Å². The third kappa shape index (κ3) is 3.07. The molecule has 108 valence electrons. The van der Waals surface area contributed by atoms with E-state index in [0.717, 1.165) is 16.9 Å². The van der Waals surface area contributed by atoms with Crippen molar-refractivity contribution < 1.29 is 4.74 Å². The first-order chi connectivity index (χ1) is 10.0. The molecular weight excluding hydrogens is 260 g/mol. The lowest BCUT2D eigenvalue weighted by Crippen LogP contribution is -2.13. The molecule has 0 fully saturated rings. The summed E-state index contributed by atoms with van der Waals surface area (Å²) in [7, 11) is 0. The van der Waals surface area contributed by atoms with Crippen LogP contribution in [0.5, 0.6) is 5.88 Å². The lowest BCUT2D eigenvalue weighted by Gasteiger charge is -2.18. The van der Waals surface area contributed by atoms with Gasteiger partial charge in [0.15, 0.2) is 0 Å². The minimum atomic E-state index is 0.0283. The van der Waals surface area contributed by atoms with E-state index in [9.17, 15) is 0 Å². The number of nitrogens with one attached hydrogen (secondary N) is 1. The van der Waals surface area contributed by atoms with Gasteiger partial charge in [-0.2, -0.15) is 0 Å². The van der Waals surface area contributed by atoms with E-state index in [2.05, 4.69) is 48.9 Å². The van der Waals surface area contributed by atoms with Crippen LogP contribution >= 0.6 is 0 Å². The largest absolute Gasteiger partial charge is 0.471 e. The van der Waals surface area contributed by atoms with E-state index in [1.54, 1.807) is 0 Å². The number of H-pyrrole nitrogens is 1. The molecule has 0 aliphatic heterocycles. The fourth-order valence-electron chi connectivity index (χ4n) is 2.28. The Kier molecular flexibility index (Phi) is 3.42. The zero-order chi connectivity index (χ0) is 14.9. The van der Waals surface area contributed by atoms with Crippen molar-refractivity contribution in [1.82, 2.24) is 9.97 Å². The van der Waals surface area contributed by atoms with Crippen LogP contribution in [0.25, 0.3) is 10.9 Å². The van der Waals surface area contributed by atoms with Crippen LogP contribution in [0.4, 0.5) is 0 Å². The number of ether oxygens (including phenoxy) is 1. The van der Waals surface area contributed by atoms with Crippen molar-refractivity contribution in [3.63, 3.8) is 0 Å². The first-order valence-corrected chi connectivity index (χ1v) is 7.19. The second kappa shape index (κ2) is 5.24. The molecule has 0 amide bonds. The topological polar surface area (TPSA) is 37.9 Å². The van der Waals surface area contributed by atoms with Crippen molar-refractivity contribution >= 4 is 10.9 Å². The molecule has 0 saturated heterocycles. The Hall–Kier alpha value is -2.29. The quantitative estimate of drug-likeness (QED) is 0.770. The second-order valence-electron chi connectivity index (χ2n) is 6.28. The van der Waals surface area contributed by atoms with Crippen LogP contribution in [-0.4, -0.2) is 9.97 Å². The number of hydrogen-bond acceptors (Lipinski definition) is 2. The Morgan fingerprint density at radius 2 is 1.86 bits per heavy atom. The Balaban J connectivity index is 1.75. The summed E-state index contributed by atoms with van der Waals surface area (Å²) in [5.74, 6) is 0.668. The molecule has 0 aliphatic rings. The summed E-state index contributed by atoms with van der Waals surface area (Å²) < 4.78 is 5.82. The monoisotopic (exact) mass is 280 g/mol. The maximum absolute atomic E-state index is 5.82. The van der Waals surface area contributed by atoms with Crippen molar-refractivity contribution in [2.24, 2.45) is 0 Å². The van der Waals surface area contributed by atoms with Gasteiger partial charge < -0.3 is 9.72 Å². The van der Waals surface area contributed by atoms with Gasteiger partial charge in [-0.1, -0.05) is 45.0 Å². The Morgan fingerprint density at radius 1 is 1.05 bits per heavy atom. The molecule has 0 spiro atoms. The Bertz CT molecular complexity index is 720. The molecule has 3 heteroatoms. The van der Waals surface area contributed by atoms with Crippen molar-refractivity contribution in [2.45, 2.75) is 32.8 Å². The molecule has 2 aromatic heterocycles. The first kappa shape index (κ1) is 13.7. The molecule has 0 aliphatic carbocycles. The minimum absolute atomic E-state index is 0.0283. The lowest BCUT2D eigenvalue weighted by atomic mass is 9.92. The third-order valence-corrected chi connectivity index (χ3v) is 3.45. The average Bonchev–Trinajstić information content (AvgIpc) is 2.87. The highest BCUT2D eigenvalue weighted by molar-refractivity contribution is 5.80. The highest BCUT2D eigenvalue weighted by Crippen LogP contribution is 2.22. The zero-order valence-corrected chi connectivity index (χ0v) is 12.7. The summed E-state index contributed by atoms with van der Waals surface area (Å²) in [6, 6.07) is 16.3. The van der Waals surface area contributed by atoms with E-state index in [1.165, 1.54) is 5.39 Å². The maximum atomic E-state index is 5.82. The molecule has 0 saturated carbocycles. The summed E-state index contributed by atoms with van der Waals surface area (Å²) >= 11 is 0. The van der Waals surface area contributed by atoms with Gasteiger partial charge in [-0.15, -0.1) is 0 Å². The fraction of sp³-hybridized carbons (Fsp3) is 0.278. The van der Waals surface area contributed by atoms with E-state index in [0.29, 0.717) is 12.5 Å². The van der Waals surface area contributed by atoms with Gasteiger partial charge in [0.2, 0.25) is 5.88 Å². The number of fused-ring (bicyclic) bond motifs is 1. The lowest BCUT2D eigenvalue weighted by molar-refractivity contribution is 0.288. The van der Waals surface area contributed by atoms with Gasteiger partial charge in [0.1, 0.15) is 6.61 Å². The van der Waals surface area contributed by atoms with Gasteiger partial charge in [-0.3, -0.25) is 0 Å². The van der Waals surface area contributed by atoms with E-state index in [4.69, 9.17) is 4.74 Å². The number of aromatic amines is 1. The van der Waals surface area contributed by atoms with Crippen LogP contribution in [0.2, 0.25) is 0 Å². The number of hydrogen-bond donors (Lipinski definition) is 1. The Labute approximate surface area is 125 Å². The van der Waals surface area contributed by atoms with Crippen LogP contribution in [-0.2, 0) is 12.0 Å². The summed E-state index contributed by atoms with van der Waals surface area (Å²) in [6.07, 6.45) is 0. The average molecular weight is 280 g/mol. The number of rotatable bonds is 3. The molecule has 3 aromatic rings. The smallest absolute Gasteiger partial charge is 0.213 e. The molecule has 0 radical (unpaired) electrons. The molecule has 0 bridgehead atoms. The van der Waals surface area contributed by atoms with Gasteiger partial charge in [0.25, 0.3) is 0 Å². The molecule has 0 unspecified atom stereocenters. The van der Waals surface area contributed by atoms with Crippen molar-refractivity contribution in [2.75, 3.05) is 0 Å². The summed E-state index contributed by atoms with van der Waals surface area (Å²) in [5, 5.41) is 1.20. The van der Waals surface area contributed by atoms with E-state index in [1.807, 2.05) is 30.3 Å². The molecule has 1 aromatic carbocycles. The molecule has 21 heavy (non-hydrogen) atoms. The highest BCUT2D eigenvalue weighted by Gasteiger charge is 2.15. The number of para-hydroxylation sites is 1. The Morgan fingerprint density at radius 3 is 2.62 bits per heavy atom. The van der Waals surface area contributed by atoms with E-state index in [-0.39, 0.29) is 5.41 Å². The van der Waals surface area contributed by atoms with Crippen LogP contribution in [0.3, 0.4) is 0 Å². The number of aromatic nitrogens is 2. The predicted octanol–water partition coefficient (Wildman–Crippen LogP) is 4.44. The predicted molar refractivity (Wildman–Crippen MR) is 85.6 cm³/mol. The van der Waals surface area contributed by atoms with Gasteiger partial charge in [0, 0.05) is 22.7 Å². The second-order valence-corrected chi connectivity index (χ2v) is 6.28.